The molecule has 0 radical (unpaired) electrons. The summed E-state index contributed by atoms with van der Waals surface area (Å²) in [5, 5.41) is 14.4. The van der Waals surface area contributed by atoms with E-state index >= 15 is 0 Å². The van der Waals surface area contributed by atoms with Crippen molar-refractivity contribution in [3.05, 3.63) is 29.5 Å². The number of fused-ring (bicyclic) bond motifs is 4. The Hall–Kier alpha value is -2.05. The van der Waals surface area contributed by atoms with E-state index in [9.17, 15) is 9.90 Å². The molecule has 1 amide bonds. The van der Waals surface area contributed by atoms with Crippen molar-refractivity contribution in [3.8, 4) is 5.75 Å². The summed E-state index contributed by atoms with van der Waals surface area (Å²) in [6, 6.07) is 5.99. The number of carbonyl (C=O) groups excluding carboxylic acids is 1. The quantitative estimate of drug-likeness (QED) is 0.813. The molecule has 30 heavy (non-hydrogen) atoms. The molecule has 1 aliphatic carbocycles. The van der Waals surface area contributed by atoms with Crippen LogP contribution in [0.4, 0.5) is 4.79 Å². The molecule has 4 aliphatic rings. The second kappa shape index (κ2) is 7.57. The third kappa shape index (κ3) is 3.12. The number of phenolic OH excluding ortho intramolecular Hbond substituents is 1. The number of hydrogen-bond donors (Lipinski definition) is 2. The molecule has 6 rings (SSSR count). The lowest BCUT2D eigenvalue weighted by Gasteiger charge is -2.53. The monoisotopic (exact) mass is 410 g/mol. The van der Waals surface area contributed by atoms with Crippen LogP contribution in [0.1, 0.15) is 43.4 Å². The molecule has 3 fully saturated rings. The van der Waals surface area contributed by atoms with Crippen LogP contribution in [-0.2, 0) is 6.42 Å². The summed E-state index contributed by atoms with van der Waals surface area (Å²) < 4.78 is 1.96. The van der Waals surface area contributed by atoms with E-state index in [0.717, 1.165) is 36.3 Å². The van der Waals surface area contributed by atoms with E-state index in [0.29, 0.717) is 24.4 Å². The van der Waals surface area contributed by atoms with Gasteiger partial charge < -0.3 is 15.3 Å². The van der Waals surface area contributed by atoms with Crippen molar-refractivity contribution in [2.75, 3.05) is 40.3 Å². The number of benzene rings is 1. The molecule has 6 heteroatoms. The lowest BCUT2D eigenvalue weighted by atomic mass is 9.65. The normalized spacial score (nSPS) is 29.8. The molecular weight excluding hydrogens is 376 g/mol. The van der Waals surface area contributed by atoms with Crippen molar-refractivity contribution in [3.63, 3.8) is 0 Å². The molecule has 5 atom stereocenters. The number of aromatic nitrogens is 1. The Morgan fingerprint density at radius 3 is 2.90 bits per heavy atom. The van der Waals surface area contributed by atoms with Gasteiger partial charge in [0.05, 0.1) is 5.52 Å². The fourth-order valence-electron chi connectivity index (χ4n) is 6.52. The summed E-state index contributed by atoms with van der Waals surface area (Å²) >= 11 is 0. The molecule has 1 aromatic heterocycles. The minimum Gasteiger partial charge on any atom is -0.508 e. The van der Waals surface area contributed by atoms with E-state index in [1.807, 2.05) is 30.8 Å². The Morgan fingerprint density at radius 2 is 2.13 bits per heavy atom. The zero-order valence-corrected chi connectivity index (χ0v) is 18.4. The molecule has 2 aromatic rings. The molecule has 2 unspecified atom stereocenters. The molecule has 162 valence electrons. The number of amides is 1. The molecule has 2 saturated heterocycles. The second-order valence-electron chi connectivity index (χ2n) is 9.78. The summed E-state index contributed by atoms with van der Waals surface area (Å²) in [6.45, 7) is 6.02. The fourth-order valence-corrected chi connectivity index (χ4v) is 6.52. The molecule has 4 heterocycles. The zero-order valence-electron chi connectivity index (χ0n) is 18.4. The highest BCUT2D eigenvalue weighted by molar-refractivity contribution is 5.96. The number of hydrogen-bond acceptors (Lipinski definition) is 4. The van der Waals surface area contributed by atoms with Gasteiger partial charge in [-0.05, 0) is 69.0 Å². The van der Waals surface area contributed by atoms with E-state index in [-0.39, 0.29) is 11.8 Å². The number of likely N-dealkylation sites (N-methyl/N-ethyl adjacent to an activating group) is 1. The first kappa shape index (κ1) is 19.9. The average molecular weight is 411 g/mol. The van der Waals surface area contributed by atoms with E-state index in [4.69, 9.17) is 0 Å². The van der Waals surface area contributed by atoms with Crippen LogP contribution < -0.4 is 5.32 Å². The van der Waals surface area contributed by atoms with Gasteiger partial charge in [0.25, 0.3) is 0 Å². The van der Waals surface area contributed by atoms with Crippen molar-refractivity contribution in [1.29, 1.82) is 0 Å². The van der Waals surface area contributed by atoms with E-state index in [1.54, 1.807) is 6.07 Å². The molecule has 4 bridgehead atoms. The first-order chi connectivity index (χ1) is 14.5. The number of nitrogens with zero attached hydrogens (tertiary/aromatic N) is 3. The third-order valence-electron chi connectivity index (χ3n) is 7.69. The van der Waals surface area contributed by atoms with Crippen LogP contribution in [0.5, 0.6) is 5.75 Å². The molecule has 3 aliphatic heterocycles. The summed E-state index contributed by atoms with van der Waals surface area (Å²) in [4.78, 5) is 18.2. The second-order valence-corrected chi connectivity index (χ2v) is 9.78. The fraction of sp³-hybridized carbons (Fsp3) is 0.625. The van der Waals surface area contributed by atoms with Crippen LogP contribution in [0.15, 0.2) is 18.2 Å². The van der Waals surface area contributed by atoms with Gasteiger partial charge in [-0.2, -0.15) is 0 Å². The van der Waals surface area contributed by atoms with Crippen LogP contribution in [0.3, 0.4) is 0 Å². The van der Waals surface area contributed by atoms with Gasteiger partial charge in [-0.15, -0.1) is 0 Å². The van der Waals surface area contributed by atoms with Gasteiger partial charge in [-0.1, -0.05) is 13.3 Å². The minimum atomic E-state index is -0.0308. The van der Waals surface area contributed by atoms with Gasteiger partial charge in [-0.25, -0.2) is 4.79 Å². The number of aromatic hydroxyl groups is 1. The van der Waals surface area contributed by atoms with Gasteiger partial charge in [0.1, 0.15) is 5.75 Å². The molecule has 6 nitrogen and oxygen atoms in total. The van der Waals surface area contributed by atoms with Crippen LogP contribution in [-0.4, -0.2) is 71.8 Å². The molecule has 0 spiro atoms. The van der Waals surface area contributed by atoms with Gasteiger partial charge in [0.15, 0.2) is 0 Å². The topological polar surface area (TPSA) is 60.7 Å². The standard InChI is InChI=1S/C24H34N4O2/c1-4-16-11-15-12-20-22(16)27(14-15)9-7-18-19-13-17(29)5-6-21(19)28(23(18)20)24(30)25-8-10-26(2)3/h5-6,13,15-16,20,22,29H,4,7-12,14H2,1-3H3,(H,25,30)/t15-,16-,20+,22?/m0/s1. The average Bonchev–Trinajstić information content (AvgIpc) is 2.99. The lowest BCUT2D eigenvalue weighted by Crippen LogP contribution is -2.56. The maximum Gasteiger partial charge on any atom is 0.326 e. The molecule has 1 aromatic carbocycles. The number of nitrogens with one attached hydrogen (secondary N) is 1. The third-order valence-corrected chi connectivity index (χ3v) is 7.69. The number of piperidine rings is 2. The molecular formula is C24H34N4O2. The minimum absolute atomic E-state index is 0.0308. The Kier molecular flexibility index (Phi) is 5.02. The smallest absolute Gasteiger partial charge is 0.326 e. The van der Waals surface area contributed by atoms with E-state index in [1.165, 1.54) is 37.1 Å². The first-order valence-electron chi connectivity index (χ1n) is 11.5. The predicted molar refractivity (Wildman–Crippen MR) is 119 cm³/mol. The number of rotatable bonds is 4. The number of phenols is 1. The Labute approximate surface area is 178 Å². The highest BCUT2D eigenvalue weighted by Gasteiger charge is 2.49. The van der Waals surface area contributed by atoms with Crippen molar-refractivity contribution in [1.82, 2.24) is 19.7 Å². The summed E-state index contributed by atoms with van der Waals surface area (Å²) in [5.74, 6) is 2.11. The number of carbonyl (C=O) groups is 1. The summed E-state index contributed by atoms with van der Waals surface area (Å²) in [6.07, 6.45) is 4.67. The largest absolute Gasteiger partial charge is 0.508 e. The van der Waals surface area contributed by atoms with Crippen molar-refractivity contribution in [2.24, 2.45) is 11.8 Å². The van der Waals surface area contributed by atoms with Crippen LogP contribution in [0.2, 0.25) is 0 Å². The van der Waals surface area contributed by atoms with Crippen LogP contribution in [0, 0.1) is 11.8 Å². The predicted octanol–water partition coefficient (Wildman–Crippen LogP) is 3.23. The van der Waals surface area contributed by atoms with Gasteiger partial charge in [-0.3, -0.25) is 9.47 Å². The Morgan fingerprint density at radius 1 is 1.30 bits per heavy atom. The van der Waals surface area contributed by atoms with Crippen molar-refractivity contribution >= 4 is 16.9 Å². The maximum absolute atomic E-state index is 13.4. The molecule has 1 saturated carbocycles. The Bertz CT molecular complexity index is 966. The van der Waals surface area contributed by atoms with Crippen molar-refractivity contribution in [2.45, 2.75) is 44.6 Å². The van der Waals surface area contributed by atoms with E-state index in [2.05, 4.69) is 22.0 Å². The first-order valence-corrected chi connectivity index (χ1v) is 11.5. The van der Waals surface area contributed by atoms with E-state index < -0.39 is 0 Å². The van der Waals surface area contributed by atoms with Gasteiger partial charge >= 0.3 is 6.03 Å². The van der Waals surface area contributed by atoms with Gasteiger partial charge in [0.2, 0.25) is 0 Å². The lowest BCUT2D eigenvalue weighted by molar-refractivity contribution is -0.0138. The maximum atomic E-state index is 13.4. The summed E-state index contributed by atoms with van der Waals surface area (Å²) in [5.41, 5.74) is 3.43. The summed E-state index contributed by atoms with van der Waals surface area (Å²) in [7, 11) is 4.04. The van der Waals surface area contributed by atoms with Crippen LogP contribution in [0.25, 0.3) is 10.9 Å². The molecule has 2 N–H and O–H groups in total. The van der Waals surface area contributed by atoms with Gasteiger partial charge in [0, 0.05) is 49.2 Å². The Balaban J connectivity index is 1.63. The van der Waals surface area contributed by atoms with Crippen LogP contribution >= 0.6 is 0 Å². The highest BCUT2D eigenvalue weighted by atomic mass is 16.3. The zero-order chi connectivity index (χ0) is 21.0. The SMILES string of the molecule is CC[C@H]1C[C@H]2C[C@H]3c4c(c5cc(O)ccc5n4C(=O)NCCN(C)C)CCN(C2)C13. The van der Waals surface area contributed by atoms with Crippen molar-refractivity contribution < 1.29 is 9.90 Å². The highest BCUT2D eigenvalue weighted by Crippen LogP contribution is 2.52.